The van der Waals surface area contributed by atoms with Crippen molar-refractivity contribution in [2.75, 3.05) is 0 Å². The fourth-order valence-corrected chi connectivity index (χ4v) is 2.11. The Morgan fingerprint density at radius 2 is 2.06 bits per heavy atom. The van der Waals surface area contributed by atoms with E-state index in [2.05, 4.69) is 9.97 Å². The molecule has 2 unspecified atom stereocenters. The molecule has 0 amide bonds. The second-order valence-corrected chi connectivity index (χ2v) is 5.22. The van der Waals surface area contributed by atoms with Crippen LogP contribution >= 0.6 is 0 Å². The molecule has 0 spiro atoms. The Morgan fingerprint density at radius 1 is 1.44 bits per heavy atom. The molecule has 1 rings (SSSR count). The van der Waals surface area contributed by atoms with Crippen LogP contribution in [0.3, 0.4) is 0 Å². The van der Waals surface area contributed by atoms with Gasteiger partial charge in [-0.15, -0.1) is 0 Å². The third-order valence-corrected chi connectivity index (χ3v) is 3.87. The fourth-order valence-electron chi connectivity index (χ4n) is 2.11. The molecule has 18 heavy (non-hydrogen) atoms. The highest BCUT2D eigenvalue weighted by molar-refractivity contribution is 5.85. The number of aromatic nitrogens is 2. The molecule has 0 saturated carbocycles. The predicted octanol–water partition coefficient (Wildman–Crippen LogP) is 2.15. The number of Topliss-reactive ketones (excluding diaryl/α,β-unsaturated/α-hetero) is 1. The number of hydrogen-bond donors (Lipinski definition) is 2. The lowest BCUT2D eigenvalue weighted by atomic mass is 9.69. The van der Waals surface area contributed by atoms with E-state index in [9.17, 15) is 14.7 Å². The Morgan fingerprint density at radius 3 is 2.39 bits per heavy atom. The number of carboxylic acids is 1. The van der Waals surface area contributed by atoms with Gasteiger partial charge in [-0.25, -0.2) is 4.98 Å². The number of nitrogens with zero attached hydrogens (tertiary/aromatic N) is 1. The van der Waals surface area contributed by atoms with Gasteiger partial charge < -0.3 is 10.1 Å². The third-order valence-electron chi connectivity index (χ3n) is 3.87. The van der Waals surface area contributed by atoms with Crippen molar-refractivity contribution in [2.45, 2.75) is 46.0 Å². The van der Waals surface area contributed by atoms with Gasteiger partial charge in [-0.05, 0) is 26.7 Å². The molecule has 2 N–H and O–H groups in total. The second-order valence-electron chi connectivity index (χ2n) is 5.22. The first kappa shape index (κ1) is 14.4. The largest absolute Gasteiger partial charge is 0.480 e. The van der Waals surface area contributed by atoms with Crippen LogP contribution in [0.25, 0.3) is 0 Å². The molecule has 0 radical (unpaired) electrons. The molecule has 0 aliphatic rings. The number of carboxylic acid groups (broad SMARTS) is 1. The van der Waals surface area contributed by atoms with E-state index in [-0.39, 0.29) is 12.2 Å². The summed E-state index contributed by atoms with van der Waals surface area (Å²) in [5.41, 5.74) is -1.83. The minimum atomic E-state index is -1.18. The smallest absolute Gasteiger partial charge is 0.317 e. The number of rotatable bonds is 6. The molecule has 0 aliphatic carbocycles. The summed E-state index contributed by atoms with van der Waals surface area (Å²) in [4.78, 5) is 30.2. The average Bonchev–Trinajstić information content (AvgIpc) is 2.82. The fraction of sp³-hybridized carbons (Fsp3) is 0.615. The topological polar surface area (TPSA) is 83.0 Å². The highest BCUT2D eigenvalue weighted by atomic mass is 16.4. The quantitative estimate of drug-likeness (QED) is 0.812. The Balaban J connectivity index is 3.16. The number of hydrogen-bond acceptors (Lipinski definition) is 3. The molecule has 0 fully saturated rings. The van der Waals surface area contributed by atoms with Gasteiger partial charge >= 0.3 is 5.97 Å². The van der Waals surface area contributed by atoms with E-state index in [4.69, 9.17) is 0 Å². The maximum atomic E-state index is 11.7. The van der Waals surface area contributed by atoms with Gasteiger partial charge in [0.2, 0.25) is 0 Å². The molecule has 1 heterocycles. The number of aromatic amines is 1. The van der Waals surface area contributed by atoms with Crippen LogP contribution in [-0.4, -0.2) is 26.8 Å². The van der Waals surface area contributed by atoms with E-state index in [0.717, 1.165) is 0 Å². The summed E-state index contributed by atoms with van der Waals surface area (Å²) >= 11 is 0. The van der Waals surface area contributed by atoms with Crippen LogP contribution in [0, 0.1) is 5.41 Å². The highest BCUT2D eigenvalue weighted by Crippen LogP contribution is 2.38. The van der Waals surface area contributed by atoms with Gasteiger partial charge in [-0.1, -0.05) is 13.8 Å². The van der Waals surface area contributed by atoms with Crippen molar-refractivity contribution in [3.05, 3.63) is 18.2 Å². The van der Waals surface area contributed by atoms with Gasteiger partial charge in [0.05, 0.1) is 0 Å². The molecular weight excluding hydrogens is 232 g/mol. The molecular formula is C13H20N2O3. The van der Waals surface area contributed by atoms with Crippen LogP contribution in [-0.2, 0) is 15.0 Å². The first-order valence-corrected chi connectivity index (χ1v) is 6.00. The van der Waals surface area contributed by atoms with Crippen molar-refractivity contribution in [3.8, 4) is 0 Å². The lowest BCUT2D eigenvalue weighted by Crippen LogP contribution is -2.41. The predicted molar refractivity (Wildman–Crippen MR) is 67.3 cm³/mol. The summed E-state index contributed by atoms with van der Waals surface area (Å²) in [6.45, 7) is 6.81. The number of carbonyl (C=O) groups excluding carboxylic acids is 1. The molecule has 100 valence electrons. The number of aliphatic carboxylic acids is 1. The molecule has 2 atom stereocenters. The van der Waals surface area contributed by atoms with Crippen LogP contribution in [0.4, 0.5) is 0 Å². The van der Waals surface area contributed by atoms with E-state index in [1.54, 1.807) is 20.0 Å². The lowest BCUT2D eigenvalue weighted by Gasteiger charge is -2.33. The maximum Gasteiger partial charge on any atom is 0.317 e. The normalized spacial score (nSPS) is 17.8. The van der Waals surface area contributed by atoms with Crippen molar-refractivity contribution >= 4 is 11.8 Å². The molecule has 1 aromatic heterocycles. The minimum absolute atomic E-state index is 0.00373. The molecule has 0 saturated heterocycles. The summed E-state index contributed by atoms with van der Waals surface area (Å²) in [6, 6.07) is 0. The van der Waals surface area contributed by atoms with E-state index in [1.165, 1.54) is 13.1 Å². The van der Waals surface area contributed by atoms with E-state index >= 15 is 0 Å². The second kappa shape index (κ2) is 4.92. The maximum absolute atomic E-state index is 11.7. The van der Waals surface area contributed by atoms with Crippen molar-refractivity contribution in [1.82, 2.24) is 9.97 Å². The molecule has 1 aromatic rings. The highest BCUT2D eigenvalue weighted by Gasteiger charge is 2.45. The zero-order valence-corrected chi connectivity index (χ0v) is 11.3. The number of H-pyrrole nitrogens is 1. The van der Waals surface area contributed by atoms with Crippen LogP contribution in [0.5, 0.6) is 0 Å². The summed E-state index contributed by atoms with van der Waals surface area (Å²) in [7, 11) is 0. The molecule has 0 aliphatic heterocycles. The zero-order valence-electron chi connectivity index (χ0n) is 11.3. The summed E-state index contributed by atoms with van der Waals surface area (Å²) in [5, 5.41) is 9.47. The van der Waals surface area contributed by atoms with E-state index < -0.39 is 16.8 Å². The van der Waals surface area contributed by atoms with Crippen molar-refractivity contribution in [3.63, 3.8) is 0 Å². The van der Waals surface area contributed by atoms with Crippen molar-refractivity contribution in [2.24, 2.45) is 5.41 Å². The van der Waals surface area contributed by atoms with Crippen molar-refractivity contribution in [1.29, 1.82) is 0 Å². The SMILES string of the molecule is CCC(C)(CC(C)(C(=O)O)c1ncc[nH]1)C(C)=O. The molecule has 0 bridgehead atoms. The van der Waals surface area contributed by atoms with Gasteiger partial charge in [-0.3, -0.25) is 9.59 Å². The third kappa shape index (κ3) is 2.44. The Hall–Kier alpha value is -1.65. The van der Waals surface area contributed by atoms with Crippen molar-refractivity contribution < 1.29 is 14.7 Å². The molecule has 5 nitrogen and oxygen atoms in total. The van der Waals surface area contributed by atoms with Gasteiger partial charge in [0.15, 0.2) is 0 Å². The standard InChI is InChI=1S/C13H20N2O3/c1-5-12(3,9(2)16)8-13(4,11(17)18)10-14-6-7-15-10/h6-7H,5,8H2,1-4H3,(H,14,15)(H,17,18). The average molecular weight is 252 g/mol. The minimum Gasteiger partial charge on any atom is -0.480 e. The first-order valence-electron chi connectivity index (χ1n) is 6.00. The van der Waals surface area contributed by atoms with Crippen LogP contribution in [0.15, 0.2) is 12.4 Å². The number of imidazole rings is 1. The zero-order chi connectivity index (χ0) is 14.0. The number of carbonyl (C=O) groups is 2. The van der Waals surface area contributed by atoms with Crippen LogP contribution < -0.4 is 0 Å². The number of nitrogens with one attached hydrogen (secondary N) is 1. The lowest BCUT2D eigenvalue weighted by molar-refractivity contribution is -0.145. The summed E-state index contributed by atoms with van der Waals surface area (Å²) in [6.07, 6.45) is 3.95. The van der Waals surface area contributed by atoms with E-state index in [1.807, 2.05) is 6.92 Å². The van der Waals surface area contributed by atoms with Gasteiger partial charge in [-0.2, -0.15) is 0 Å². The Labute approximate surface area is 107 Å². The van der Waals surface area contributed by atoms with Gasteiger partial charge in [0.25, 0.3) is 0 Å². The van der Waals surface area contributed by atoms with E-state index in [0.29, 0.717) is 12.2 Å². The molecule has 0 aromatic carbocycles. The summed E-state index contributed by atoms with van der Waals surface area (Å²) in [5.74, 6) is -0.585. The van der Waals surface area contributed by atoms with Crippen LogP contribution in [0.1, 0.15) is 46.4 Å². The monoisotopic (exact) mass is 252 g/mol. The van der Waals surface area contributed by atoms with Crippen LogP contribution in [0.2, 0.25) is 0 Å². The van der Waals surface area contributed by atoms with Gasteiger partial charge in [0.1, 0.15) is 17.0 Å². The van der Waals surface area contributed by atoms with Gasteiger partial charge in [0, 0.05) is 17.8 Å². The molecule has 5 heteroatoms. The first-order chi connectivity index (χ1) is 8.26. The summed E-state index contributed by atoms with van der Waals surface area (Å²) < 4.78 is 0. The Bertz CT molecular complexity index is 441. The Kier molecular flexibility index (Phi) is 3.94. The number of ketones is 1.